The Hall–Kier alpha value is -3.33. The molecule has 0 aromatic carbocycles. The lowest BCUT2D eigenvalue weighted by atomic mass is 9.33. The van der Waals surface area contributed by atoms with E-state index >= 15 is 4.79 Å². The number of aliphatic hydroxyl groups excluding tert-OH is 2. The molecule has 2 N–H and O–H groups in total. The molecular formula is C37H48O14. The van der Waals surface area contributed by atoms with E-state index in [0.29, 0.717) is 12.8 Å². The van der Waals surface area contributed by atoms with Crippen molar-refractivity contribution >= 4 is 29.7 Å². The van der Waals surface area contributed by atoms with Gasteiger partial charge in [-0.2, -0.15) is 0 Å². The van der Waals surface area contributed by atoms with E-state index in [2.05, 4.69) is 0 Å². The zero-order valence-electron chi connectivity index (χ0n) is 30.2. The SMILES string of the molecule is CCC(C)C(=O)O[C@@H]1OC[C@@]23[C@H]4C(=O)[C@H](OC(C)=O)[C@@]5(C)[C@H](c6ccoc6)C[C@H]6O[C@]65[C@]4(C)[C@H](O)C[C@H]2C1(C)[C@H](OC(C)=O)[C@H](OC(C)=O)[C@@H]3O. The number of fused-ring (bicyclic) bond motifs is 1. The summed E-state index contributed by atoms with van der Waals surface area (Å²) in [6.07, 6.45) is -5.17. The van der Waals surface area contributed by atoms with Gasteiger partial charge in [-0.1, -0.05) is 27.7 Å². The third-order valence-electron chi connectivity index (χ3n) is 14.1. The molecule has 4 saturated carbocycles. The molecule has 2 unspecified atom stereocenters. The van der Waals surface area contributed by atoms with Gasteiger partial charge in [-0.25, -0.2) is 0 Å². The van der Waals surface area contributed by atoms with E-state index in [-0.39, 0.29) is 18.9 Å². The third-order valence-corrected chi connectivity index (χ3v) is 14.1. The van der Waals surface area contributed by atoms with E-state index in [4.69, 9.17) is 32.8 Å². The van der Waals surface area contributed by atoms with Crippen molar-refractivity contribution in [2.75, 3.05) is 6.61 Å². The van der Waals surface area contributed by atoms with Crippen LogP contribution in [0.3, 0.4) is 0 Å². The van der Waals surface area contributed by atoms with Gasteiger partial charge in [0.15, 0.2) is 24.1 Å². The summed E-state index contributed by atoms with van der Waals surface area (Å²) in [6.45, 7) is 11.9. The van der Waals surface area contributed by atoms with Crippen molar-refractivity contribution in [1.29, 1.82) is 0 Å². The molecule has 280 valence electrons. The Bertz CT molecular complexity index is 1640. The summed E-state index contributed by atoms with van der Waals surface area (Å²) in [6, 6.07) is 1.80. The minimum atomic E-state index is -1.70. The zero-order valence-corrected chi connectivity index (χ0v) is 30.2. The molecule has 14 nitrogen and oxygen atoms in total. The lowest BCUT2D eigenvalue weighted by molar-refractivity contribution is -0.391. The summed E-state index contributed by atoms with van der Waals surface area (Å²) in [4.78, 5) is 67.1. The van der Waals surface area contributed by atoms with E-state index in [9.17, 15) is 29.4 Å². The number of ether oxygens (including phenoxy) is 6. The van der Waals surface area contributed by atoms with Crippen molar-refractivity contribution in [1.82, 2.24) is 0 Å². The number of ketones is 1. The monoisotopic (exact) mass is 716 g/mol. The smallest absolute Gasteiger partial charge is 0.310 e. The van der Waals surface area contributed by atoms with Crippen LogP contribution in [-0.4, -0.2) is 95.0 Å². The average Bonchev–Trinajstić information content (AvgIpc) is 3.42. The molecule has 1 spiro atoms. The van der Waals surface area contributed by atoms with Crippen LogP contribution >= 0.6 is 0 Å². The molecule has 4 aliphatic carbocycles. The van der Waals surface area contributed by atoms with Crippen LogP contribution in [0.1, 0.15) is 86.1 Å². The lowest BCUT2D eigenvalue weighted by Gasteiger charge is -2.73. The minimum absolute atomic E-state index is 0.0539. The summed E-state index contributed by atoms with van der Waals surface area (Å²) >= 11 is 0. The number of esters is 4. The highest BCUT2D eigenvalue weighted by atomic mass is 16.7. The number of aliphatic hydroxyl groups is 2. The first-order valence-electron chi connectivity index (χ1n) is 17.8. The molecular weight excluding hydrogens is 668 g/mol. The molecule has 2 bridgehead atoms. The highest BCUT2D eigenvalue weighted by molar-refractivity contribution is 5.93. The number of epoxide rings is 1. The quantitative estimate of drug-likeness (QED) is 0.237. The second kappa shape index (κ2) is 11.6. The van der Waals surface area contributed by atoms with Crippen molar-refractivity contribution in [3.8, 4) is 0 Å². The Balaban J connectivity index is 1.45. The number of carbonyl (C=O) groups is 5. The fourth-order valence-corrected chi connectivity index (χ4v) is 11.9. The molecule has 1 aromatic rings. The number of hydrogen-bond acceptors (Lipinski definition) is 14. The Morgan fingerprint density at radius 3 is 2.22 bits per heavy atom. The molecule has 16 atom stereocenters. The molecule has 2 aliphatic heterocycles. The number of hydrogen-bond donors (Lipinski definition) is 2. The van der Waals surface area contributed by atoms with E-state index < -0.39 is 118 Å². The molecule has 0 radical (unpaired) electrons. The van der Waals surface area contributed by atoms with Crippen LogP contribution in [0.25, 0.3) is 0 Å². The highest BCUT2D eigenvalue weighted by Crippen LogP contribution is 2.83. The van der Waals surface area contributed by atoms with Gasteiger partial charge in [0.25, 0.3) is 0 Å². The summed E-state index contributed by atoms with van der Waals surface area (Å²) < 4.78 is 42.2. The van der Waals surface area contributed by atoms with Gasteiger partial charge in [0.2, 0.25) is 6.29 Å². The Morgan fingerprint density at radius 2 is 1.63 bits per heavy atom. The van der Waals surface area contributed by atoms with Gasteiger partial charge >= 0.3 is 23.9 Å². The van der Waals surface area contributed by atoms with E-state index in [0.717, 1.165) is 19.4 Å². The van der Waals surface area contributed by atoms with Gasteiger partial charge < -0.3 is 43.1 Å². The molecule has 6 fully saturated rings. The number of furan rings is 1. The van der Waals surface area contributed by atoms with Gasteiger partial charge in [0, 0.05) is 43.4 Å². The van der Waals surface area contributed by atoms with E-state index in [1.165, 1.54) is 13.2 Å². The van der Waals surface area contributed by atoms with Crippen LogP contribution in [0, 0.1) is 39.4 Å². The molecule has 1 aromatic heterocycles. The molecule has 14 heteroatoms. The summed E-state index contributed by atoms with van der Waals surface area (Å²) in [5.74, 6) is -6.50. The van der Waals surface area contributed by atoms with Gasteiger partial charge in [0.05, 0.1) is 48.1 Å². The van der Waals surface area contributed by atoms with Crippen LogP contribution < -0.4 is 0 Å². The molecule has 7 rings (SSSR count). The minimum Gasteiger partial charge on any atom is -0.472 e. The predicted octanol–water partition coefficient (Wildman–Crippen LogP) is 2.60. The van der Waals surface area contributed by atoms with Crippen molar-refractivity contribution in [2.45, 2.75) is 129 Å². The fourth-order valence-electron chi connectivity index (χ4n) is 11.9. The molecule has 0 amide bonds. The first-order chi connectivity index (χ1) is 23.9. The van der Waals surface area contributed by atoms with Gasteiger partial charge in [0.1, 0.15) is 11.7 Å². The van der Waals surface area contributed by atoms with Crippen molar-refractivity contribution in [3.63, 3.8) is 0 Å². The largest absolute Gasteiger partial charge is 0.472 e. The molecule has 6 aliphatic rings. The summed E-state index contributed by atoms with van der Waals surface area (Å²) in [5.41, 5.74) is -6.23. The maximum Gasteiger partial charge on any atom is 0.310 e. The van der Waals surface area contributed by atoms with Gasteiger partial charge in [-0.15, -0.1) is 0 Å². The van der Waals surface area contributed by atoms with Crippen LogP contribution in [0.2, 0.25) is 0 Å². The van der Waals surface area contributed by atoms with Crippen molar-refractivity contribution in [2.24, 2.45) is 39.4 Å². The maximum atomic E-state index is 15.5. The van der Waals surface area contributed by atoms with Gasteiger partial charge in [-0.3, -0.25) is 24.0 Å². The zero-order chi connectivity index (χ0) is 37.2. The van der Waals surface area contributed by atoms with E-state index in [1.54, 1.807) is 33.1 Å². The first kappa shape index (κ1) is 36.0. The summed E-state index contributed by atoms with van der Waals surface area (Å²) in [5, 5.41) is 25.3. The second-order valence-corrected chi connectivity index (χ2v) is 16.3. The highest BCUT2D eigenvalue weighted by Gasteiger charge is 2.93. The van der Waals surface area contributed by atoms with Gasteiger partial charge in [-0.05, 0) is 43.7 Å². The average molecular weight is 717 g/mol. The molecule has 2 saturated heterocycles. The Morgan fingerprint density at radius 1 is 0.961 bits per heavy atom. The van der Waals surface area contributed by atoms with E-state index in [1.807, 2.05) is 13.8 Å². The van der Waals surface area contributed by atoms with Crippen LogP contribution in [-0.2, 0) is 52.4 Å². The third kappa shape index (κ3) is 4.33. The lowest BCUT2D eigenvalue weighted by Crippen LogP contribution is -2.84. The number of carbonyl (C=O) groups excluding carboxylic acids is 5. The summed E-state index contributed by atoms with van der Waals surface area (Å²) in [7, 11) is 0. The Kier molecular flexibility index (Phi) is 8.19. The molecule has 3 heterocycles. The first-order valence-corrected chi connectivity index (χ1v) is 17.8. The van der Waals surface area contributed by atoms with Crippen molar-refractivity contribution in [3.05, 3.63) is 24.2 Å². The van der Waals surface area contributed by atoms with Crippen LogP contribution in [0.15, 0.2) is 23.0 Å². The predicted molar refractivity (Wildman–Crippen MR) is 171 cm³/mol. The topological polar surface area (TPSA) is 198 Å². The number of Topliss-reactive ketones (excluding diaryl/α,β-unsaturated/α-hetero) is 1. The number of rotatable bonds is 7. The Labute approximate surface area is 295 Å². The maximum absolute atomic E-state index is 15.5. The van der Waals surface area contributed by atoms with Crippen molar-refractivity contribution < 1.29 is 67.0 Å². The standard InChI is InChI=1S/C37H48O14/c1-9-16(2)31(44)50-32-33(6)22-13-23(41)35(8)27(36(22,15-46-32)28(43)26(47-17(3)38)30(33)49-19(5)40)25(42)29(48-18(4)39)34(7)21(20-10-11-45-14-20)12-24-37(34,35)51-24/h10-11,14,16,21-24,26-30,32,41,43H,9,12-13,15H2,1-8H3/t16?,21-,22-,23+,24+,26+,27-,28-,29-,30+,32-,33?,34+,35+,36-,37+/m0/s1. The second-order valence-electron chi connectivity index (χ2n) is 16.3. The van der Waals surface area contributed by atoms with Crippen LogP contribution in [0.4, 0.5) is 0 Å². The fraction of sp³-hybridized carbons (Fsp3) is 0.757. The normalized spacial score (nSPS) is 48.2. The molecule has 51 heavy (non-hydrogen) atoms. The van der Waals surface area contributed by atoms with Crippen LogP contribution in [0.5, 0.6) is 0 Å².